The molecule has 0 aromatic heterocycles. The van der Waals surface area contributed by atoms with Crippen LogP contribution in [-0.2, 0) is 16.1 Å². The van der Waals surface area contributed by atoms with Crippen molar-refractivity contribution in [2.45, 2.75) is 27.4 Å². The number of hydrogen-bond acceptors (Lipinski definition) is 2. The van der Waals surface area contributed by atoms with E-state index in [0.29, 0.717) is 0 Å². The first-order valence-corrected chi connectivity index (χ1v) is 9.41. The van der Waals surface area contributed by atoms with Crippen LogP contribution in [0, 0.1) is 24.2 Å². The second-order valence-corrected chi connectivity index (χ2v) is 8.35. The molecule has 3 rings (SSSR count). The van der Waals surface area contributed by atoms with Crippen LogP contribution >= 0.6 is 23.2 Å². The van der Waals surface area contributed by atoms with Crippen LogP contribution in [0.25, 0.3) is 11.1 Å². The number of hydrogen-bond donors (Lipinski definition) is 0. The zero-order valence-electron chi connectivity index (χ0n) is 15.1. The minimum absolute atomic E-state index is 0.0248. The lowest BCUT2D eigenvalue weighted by atomic mass is 9.97. The molecule has 0 heterocycles. The number of esters is 1. The van der Waals surface area contributed by atoms with Crippen LogP contribution in [-0.4, -0.2) is 5.97 Å². The van der Waals surface area contributed by atoms with Gasteiger partial charge in [-0.05, 0) is 46.6 Å². The van der Waals surface area contributed by atoms with E-state index >= 15 is 0 Å². The van der Waals surface area contributed by atoms with Crippen molar-refractivity contribution in [3.05, 3.63) is 70.2 Å². The SMILES string of the molecule is Cc1c(COC(=O)[C@H]2[C@H](C=C(Cl)Cl)C2(C)C)cccc1-c1ccccc1. The molecule has 0 amide bonds. The number of carbonyl (C=O) groups excluding carboxylic acids is 1. The van der Waals surface area contributed by atoms with Crippen molar-refractivity contribution in [1.82, 2.24) is 0 Å². The molecule has 2 atom stereocenters. The smallest absolute Gasteiger partial charge is 0.310 e. The average Bonchev–Trinajstić information content (AvgIpc) is 3.14. The molecule has 0 saturated heterocycles. The van der Waals surface area contributed by atoms with E-state index in [1.807, 2.05) is 44.2 Å². The predicted molar refractivity (Wildman–Crippen MR) is 107 cm³/mol. The van der Waals surface area contributed by atoms with E-state index in [4.69, 9.17) is 27.9 Å². The van der Waals surface area contributed by atoms with Crippen LogP contribution in [0.2, 0.25) is 0 Å². The molecule has 26 heavy (non-hydrogen) atoms. The van der Waals surface area contributed by atoms with Gasteiger partial charge in [-0.25, -0.2) is 0 Å². The van der Waals surface area contributed by atoms with Crippen LogP contribution in [0.3, 0.4) is 0 Å². The van der Waals surface area contributed by atoms with Gasteiger partial charge in [0.25, 0.3) is 0 Å². The Balaban J connectivity index is 1.71. The molecule has 0 unspecified atom stereocenters. The summed E-state index contributed by atoms with van der Waals surface area (Å²) in [4.78, 5) is 12.5. The van der Waals surface area contributed by atoms with Gasteiger partial charge in [0.05, 0.1) is 5.92 Å². The van der Waals surface area contributed by atoms with Crippen molar-refractivity contribution in [3.8, 4) is 11.1 Å². The summed E-state index contributed by atoms with van der Waals surface area (Å²) in [5.74, 6) is -0.375. The number of carbonyl (C=O) groups is 1. The fourth-order valence-corrected chi connectivity index (χ4v) is 3.86. The molecule has 0 spiro atoms. The van der Waals surface area contributed by atoms with E-state index in [0.717, 1.165) is 22.3 Å². The van der Waals surface area contributed by atoms with Gasteiger partial charge in [-0.3, -0.25) is 4.79 Å². The molecule has 2 nitrogen and oxygen atoms in total. The number of allylic oxidation sites excluding steroid dienone is 1. The number of ether oxygens (including phenoxy) is 1. The Bertz CT molecular complexity index is 836. The minimum Gasteiger partial charge on any atom is -0.461 e. The number of rotatable bonds is 5. The molecule has 0 radical (unpaired) electrons. The molecule has 1 aliphatic rings. The number of halogens is 2. The third-order valence-corrected chi connectivity index (χ3v) is 5.62. The lowest BCUT2D eigenvalue weighted by molar-refractivity contribution is -0.147. The van der Waals surface area contributed by atoms with Crippen molar-refractivity contribution in [2.75, 3.05) is 0 Å². The van der Waals surface area contributed by atoms with E-state index in [1.54, 1.807) is 6.08 Å². The van der Waals surface area contributed by atoms with E-state index in [9.17, 15) is 4.79 Å². The van der Waals surface area contributed by atoms with Gasteiger partial charge in [-0.1, -0.05) is 85.6 Å². The average molecular weight is 389 g/mol. The predicted octanol–water partition coefficient (Wildman–Crippen LogP) is 6.30. The first kappa shape index (κ1) is 19.0. The third-order valence-electron chi connectivity index (χ3n) is 5.37. The van der Waals surface area contributed by atoms with Crippen molar-refractivity contribution in [1.29, 1.82) is 0 Å². The Morgan fingerprint density at radius 1 is 1.12 bits per heavy atom. The maximum absolute atomic E-state index is 12.5. The van der Waals surface area contributed by atoms with Gasteiger partial charge in [0.2, 0.25) is 0 Å². The third kappa shape index (κ3) is 3.82. The molecular formula is C22H22Cl2O2. The molecule has 2 aromatic carbocycles. The van der Waals surface area contributed by atoms with Gasteiger partial charge < -0.3 is 4.74 Å². The van der Waals surface area contributed by atoms with E-state index in [-0.39, 0.29) is 34.3 Å². The summed E-state index contributed by atoms with van der Waals surface area (Å²) >= 11 is 11.5. The Labute approximate surface area is 164 Å². The summed E-state index contributed by atoms with van der Waals surface area (Å²) in [7, 11) is 0. The second-order valence-electron chi connectivity index (χ2n) is 7.34. The second kappa shape index (κ2) is 7.46. The highest BCUT2D eigenvalue weighted by molar-refractivity contribution is 6.55. The first-order valence-electron chi connectivity index (χ1n) is 8.65. The summed E-state index contributed by atoms with van der Waals surface area (Å²) in [6, 6.07) is 16.3. The molecule has 0 aliphatic heterocycles. The van der Waals surface area contributed by atoms with Crippen LogP contribution in [0.4, 0.5) is 0 Å². The molecule has 0 N–H and O–H groups in total. The van der Waals surface area contributed by atoms with Crippen LogP contribution < -0.4 is 0 Å². The fourth-order valence-electron chi connectivity index (χ4n) is 3.58. The van der Waals surface area contributed by atoms with E-state index in [1.165, 1.54) is 0 Å². The monoisotopic (exact) mass is 388 g/mol. The summed E-state index contributed by atoms with van der Waals surface area (Å²) < 4.78 is 5.82. The zero-order valence-corrected chi connectivity index (χ0v) is 16.6. The summed E-state index contributed by atoms with van der Waals surface area (Å²) in [5.41, 5.74) is 4.28. The molecule has 136 valence electrons. The van der Waals surface area contributed by atoms with Gasteiger partial charge in [0, 0.05) is 0 Å². The van der Waals surface area contributed by atoms with Crippen molar-refractivity contribution in [2.24, 2.45) is 17.3 Å². The largest absolute Gasteiger partial charge is 0.461 e. The summed E-state index contributed by atoms with van der Waals surface area (Å²) in [6.45, 7) is 6.38. The first-order chi connectivity index (χ1) is 12.3. The highest BCUT2D eigenvalue weighted by Gasteiger charge is 2.61. The highest BCUT2D eigenvalue weighted by Crippen LogP contribution is 2.60. The highest BCUT2D eigenvalue weighted by atomic mass is 35.5. The maximum atomic E-state index is 12.5. The summed E-state index contributed by atoms with van der Waals surface area (Å²) in [6.07, 6.45) is 1.73. The Morgan fingerprint density at radius 2 is 1.81 bits per heavy atom. The maximum Gasteiger partial charge on any atom is 0.310 e. The topological polar surface area (TPSA) is 26.3 Å². The molecule has 4 heteroatoms. The van der Waals surface area contributed by atoms with E-state index in [2.05, 4.69) is 25.1 Å². The van der Waals surface area contributed by atoms with Gasteiger partial charge in [-0.2, -0.15) is 0 Å². The van der Waals surface area contributed by atoms with Gasteiger partial charge >= 0.3 is 5.97 Å². The zero-order chi connectivity index (χ0) is 18.9. The number of benzene rings is 2. The lowest BCUT2D eigenvalue weighted by Crippen LogP contribution is -2.11. The van der Waals surface area contributed by atoms with Crippen molar-refractivity contribution < 1.29 is 9.53 Å². The molecule has 1 aliphatic carbocycles. The molecule has 0 bridgehead atoms. The van der Waals surface area contributed by atoms with Crippen LogP contribution in [0.5, 0.6) is 0 Å². The van der Waals surface area contributed by atoms with Crippen molar-refractivity contribution >= 4 is 29.2 Å². The molecule has 2 aromatic rings. The molecule has 1 saturated carbocycles. The van der Waals surface area contributed by atoms with Crippen LogP contribution in [0.15, 0.2) is 59.1 Å². The Hall–Kier alpha value is -1.77. The fraction of sp³-hybridized carbons (Fsp3) is 0.318. The van der Waals surface area contributed by atoms with Crippen LogP contribution in [0.1, 0.15) is 25.0 Å². The molecule has 1 fully saturated rings. The molecular weight excluding hydrogens is 367 g/mol. The van der Waals surface area contributed by atoms with Gasteiger partial charge in [-0.15, -0.1) is 0 Å². The Kier molecular flexibility index (Phi) is 5.45. The standard InChI is InChI=1S/C22H22Cl2O2/c1-14-16(10-7-11-17(14)15-8-5-4-6-9-15)13-26-21(25)20-18(12-19(23)24)22(20,2)3/h4-12,18,20H,13H2,1-3H3/t18-,20+/m0/s1. The summed E-state index contributed by atoms with van der Waals surface area (Å²) in [5, 5.41) is 0. The quantitative estimate of drug-likeness (QED) is 0.561. The van der Waals surface area contributed by atoms with Gasteiger partial charge in [0.15, 0.2) is 0 Å². The normalized spacial score (nSPS) is 20.3. The van der Waals surface area contributed by atoms with Gasteiger partial charge in [0.1, 0.15) is 11.1 Å². The van der Waals surface area contributed by atoms with Crippen molar-refractivity contribution in [3.63, 3.8) is 0 Å². The lowest BCUT2D eigenvalue weighted by Gasteiger charge is -2.12. The van der Waals surface area contributed by atoms with E-state index < -0.39 is 0 Å². The minimum atomic E-state index is -0.201. The Morgan fingerprint density at radius 3 is 2.46 bits per heavy atom.